The van der Waals surface area contributed by atoms with Crippen molar-refractivity contribution in [3.8, 4) is 5.75 Å². The Kier molecular flexibility index (Phi) is 7.89. The Balaban J connectivity index is 1.51. The van der Waals surface area contributed by atoms with E-state index in [1.165, 1.54) is 16.7 Å². The van der Waals surface area contributed by atoms with Gasteiger partial charge in [0.25, 0.3) is 0 Å². The van der Waals surface area contributed by atoms with E-state index in [1.54, 1.807) is 0 Å². The van der Waals surface area contributed by atoms with Crippen LogP contribution in [0.15, 0.2) is 65.9 Å². The number of aromatic nitrogens is 2. The minimum Gasteiger partial charge on any atom is -0.492 e. The maximum atomic E-state index is 5.77. The average Bonchev–Trinajstić information content (AvgIpc) is 3.15. The van der Waals surface area contributed by atoms with Gasteiger partial charge in [-0.05, 0) is 44.0 Å². The third-order valence-electron chi connectivity index (χ3n) is 4.72. The van der Waals surface area contributed by atoms with Gasteiger partial charge in [0.1, 0.15) is 18.2 Å². The maximum Gasteiger partial charge on any atom is 0.191 e. The zero-order valence-corrected chi connectivity index (χ0v) is 18.1. The molecule has 0 spiro atoms. The van der Waals surface area contributed by atoms with Gasteiger partial charge < -0.3 is 19.9 Å². The molecule has 0 atom stereocenters. The first-order valence-electron chi connectivity index (χ1n) is 10.4. The summed E-state index contributed by atoms with van der Waals surface area (Å²) in [5.74, 6) is 2.69. The van der Waals surface area contributed by atoms with Crippen molar-refractivity contribution in [1.82, 2.24) is 20.2 Å². The van der Waals surface area contributed by atoms with Crippen molar-refractivity contribution in [1.29, 1.82) is 0 Å². The molecule has 3 aromatic rings. The summed E-state index contributed by atoms with van der Waals surface area (Å²) >= 11 is 0. The van der Waals surface area contributed by atoms with Gasteiger partial charge in [0, 0.05) is 25.5 Å². The fraction of sp³-hybridized carbons (Fsp3) is 0.333. The van der Waals surface area contributed by atoms with Crippen LogP contribution < -0.4 is 15.4 Å². The molecule has 0 fully saturated rings. The van der Waals surface area contributed by atoms with E-state index in [1.807, 2.05) is 31.5 Å². The van der Waals surface area contributed by atoms with Crippen LogP contribution in [0.3, 0.4) is 0 Å². The van der Waals surface area contributed by atoms with Crippen LogP contribution in [0.1, 0.15) is 29.4 Å². The molecular weight excluding hydrogens is 374 g/mol. The van der Waals surface area contributed by atoms with Crippen molar-refractivity contribution in [2.45, 2.75) is 33.9 Å². The Morgan fingerprint density at radius 3 is 2.60 bits per heavy atom. The van der Waals surface area contributed by atoms with Crippen LogP contribution >= 0.6 is 0 Å². The van der Waals surface area contributed by atoms with E-state index in [4.69, 9.17) is 9.73 Å². The summed E-state index contributed by atoms with van der Waals surface area (Å²) < 4.78 is 7.92. The molecule has 2 N–H and O–H groups in total. The van der Waals surface area contributed by atoms with Crippen LogP contribution in [0, 0.1) is 13.8 Å². The number of nitrogens with one attached hydrogen (secondary N) is 2. The highest BCUT2D eigenvalue weighted by Crippen LogP contribution is 2.11. The molecule has 6 heteroatoms. The molecule has 0 bridgehead atoms. The van der Waals surface area contributed by atoms with Gasteiger partial charge in [-0.25, -0.2) is 9.98 Å². The number of guanidine groups is 1. The molecule has 6 nitrogen and oxygen atoms in total. The molecule has 0 saturated heterocycles. The number of aliphatic imine (C=N–C) groups is 1. The lowest BCUT2D eigenvalue weighted by molar-refractivity contribution is 0.322. The fourth-order valence-electron chi connectivity index (χ4n) is 3.08. The first-order valence-corrected chi connectivity index (χ1v) is 10.4. The summed E-state index contributed by atoms with van der Waals surface area (Å²) in [6.45, 7) is 9.65. The lowest BCUT2D eigenvalue weighted by Gasteiger charge is -2.12. The minimum atomic E-state index is 0.577. The summed E-state index contributed by atoms with van der Waals surface area (Å²) in [5, 5.41) is 6.62. The highest BCUT2D eigenvalue weighted by molar-refractivity contribution is 5.79. The van der Waals surface area contributed by atoms with E-state index in [0.717, 1.165) is 30.6 Å². The van der Waals surface area contributed by atoms with Gasteiger partial charge in [0.2, 0.25) is 0 Å². The van der Waals surface area contributed by atoms with E-state index >= 15 is 0 Å². The summed E-state index contributed by atoms with van der Waals surface area (Å²) in [5.41, 5.74) is 3.65. The van der Waals surface area contributed by atoms with Crippen LogP contribution in [-0.4, -0.2) is 35.2 Å². The molecule has 158 valence electrons. The van der Waals surface area contributed by atoms with Crippen molar-refractivity contribution in [3.63, 3.8) is 0 Å². The summed E-state index contributed by atoms with van der Waals surface area (Å²) in [4.78, 5) is 9.00. The maximum absolute atomic E-state index is 5.77. The molecular formula is C24H31N5O. The zero-order chi connectivity index (χ0) is 21.2. The van der Waals surface area contributed by atoms with E-state index in [2.05, 4.69) is 70.4 Å². The molecule has 1 aromatic heterocycles. The number of hydrogen-bond acceptors (Lipinski definition) is 3. The molecule has 0 aliphatic heterocycles. The fourth-order valence-corrected chi connectivity index (χ4v) is 3.08. The van der Waals surface area contributed by atoms with Gasteiger partial charge in [-0.15, -0.1) is 0 Å². The van der Waals surface area contributed by atoms with Crippen LogP contribution in [0.2, 0.25) is 0 Å². The predicted octanol–water partition coefficient (Wildman–Crippen LogP) is 3.68. The number of nitrogens with zero attached hydrogens (tertiary/aromatic N) is 3. The van der Waals surface area contributed by atoms with Crippen molar-refractivity contribution >= 4 is 5.96 Å². The first kappa shape index (κ1) is 21.4. The Morgan fingerprint density at radius 1 is 1.07 bits per heavy atom. The summed E-state index contributed by atoms with van der Waals surface area (Å²) in [7, 11) is 0. The average molecular weight is 406 g/mol. The standard InChI is InChI=1S/C24H31N5O/c1-4-25-24(27-13-15-30-23-10-8-19(2)9-11-23)28-17-21-6-5-7-22(16-21)18-29-14-12-26-20(29)3/h5-12,14,16H,4,13,15,17-18H2,1-3H3,(H2,25,27,28). The number of imidazole rings is 1. The molecule has 30 heavy (non-hydrogen) atoms. The van der Waals surface area contributed by atoms with Gasteiger partial charge in [-0.3, -0.25) is 0 Å². The van der Waals surface area contributed by atoms with Crippen LogP contribution in [0.5, 0.6) is 5.75 Å². The Hall–Kier alpha value is -3.28. The third-order valence-corrected chi connectivity index (χ3v) is 4.72. The third kappa shape index (κ3) is 6.65. The van der Waals surface area contributed by atoms with Crippen LogP contribution in [0.4, 0.5) is 0 Å². The SMILES string of the molecule is CCNC(=NCc1cccc(Cn2ccnc2C)c1)NCCOc1ccc(C)cc1. The van der Waals surface area contributed by atoms with Gasteiger partial charge in [0.15, 0.2) is 5.96 Å². The van der Waals surface area contributed by atoms with Crippen molar-refractivity contribution in [2.75, 3.05) is 19.7 Å². The topological polar surface area (TPSA) is 63.5 Å². The lowest BCUT2D eigenvalue weighted by atomic mass is 10.1. The highest BCUT2D eigenvalue weighted by atomic mass is 16.5. The number of hydrogen-bond donors (Lipinski definition) is 2. The van der Waals surface area contributed by atoms with Crippen molar-refractivity contribution in [3.05, 3.63) is 83.4 Å². The molecule has 1 heterocycles. The largest absolute Gasteiger partial charge is 0.492 e. The second-order valence-electron chi connectivity index (χ2n) is 7.21. The monoisotopic (exact) mass is 405 g/mol. The number of ether oxygens (including phenoxy) is 1. The normalized spacial score (nSPS) is 11.4. The van der Waals surface area contributed by atoms with E-state index in [-0.39, 0.29) is 0 Å². The molecule has 3 rings (SSSR count). The van der Waals surface area contributed by atoms with Crippen molar-refractivity contribution in [2.24, 2.45) is 4.99 Å². The van der Waals surface area contributed by atoms with E-state index in [9.17, 15) is 0 Å². The van der Waals surface area contributed by atoms with E-state index in [0.29, 0.717) is 19.7 Å². The van der Waals surface area contributed by atoms with Gasteiger partial charge in [0.05, 0.1) is 13.1 Å². The number of rotatable bonds is 9. The highest BCUT2D eigenvalue weighted by Gasteiger charge is 2.02. The second kappa shape index (κ2) is 11.0. The Labute approximate surface area is 179 Å². The minimum absolute atomic E-state index is 0.577. The van der Waals surface area contributed by atoms with Crippen molar-refractivity contribution < 1.29 is 4.74 Å². The molecule has 2 aromatic carbocycles. The molecule has 0 unspecified atom stereocenters. The molecule has 0 saturated carbocycles. The molecule has 0 amide bonds. The summed E-state index contributed by atoms with van der Waals surface area (Å²) in [6, 6.07) is 16.6. The Morgan fingerprint density at radius 2 is 1.87 bits per heavy atom. The van der Waals surface area contributed by atoms with E-state index < -0.39 is 0 Å². The molecule has 0 aliphatic rings. The molecule has 0 aliphatic carbocycles. The lowest BCUT2D eigenvalue weighted by Crippen LogP contribution is -2.39. The number of benzene rings is 2. The van der Waals surface area contributed by atoms with Gasteiger partial charge in [-0.2, -0.15) is 0 Å². The Bertz CT molecular complexity index is 946. The first-order chi connectivity index (χ1) is 14.6. The second-order valence-corrected chi connectivity index (χ2v) is 7.21. The zero-order valence-electron chi connectivity index (χ0n) is 18.1. The molecule has 0 radical (unpaired) electrons. The smallest absolute Gasteiger partial charge is 0.191 e. The number of aryl methyl sites for hydroxylation is 2. The van der Waals surface area contributed by atoms with Crippen LogP contribution in [-0.2, 0) is 13.1 Å². The van der Waals surface area contributed by atoms with Gasteiger partial charge in [-0.1, -0.05) is 42.0 Å². The van der Waals surface area contributed by atoms with Crippen LogP contribution in [0.25, 0.3) is 0 Å². The summed E-state index contributed by atoms with van der Waals surface area (Å²) in [6.07, 6.45) is 3.84. The quantitative estimate of drug-likeness (QED) is 0.324. The van der Waals surface area contributed by atoms with Gasteiger partial charge >= 0.3 is 0 Å². The predicted molar refractivity (Wildman–Crippen MR) is 122 cm³/mol.